The Bertz CT molecular complexity index is 349. The number of aryl methyl sites for hydroxylation is 1. The Hall–Kier alpha value is -1.35. The van der Waals surface area contributed by atoms with Crippen LogP contribution in [0.15, 0.2) is 30.3 Å². The van der Waals surface area contributed by atoms with Crippen molar-refractivity contribution in [3.8, 4) is 0 Å². The van der Waals surface area contributed by atoms with Crippen molar-refractivity contribution < 1.29 is 14.3 Å². The van der Waals surface area contributed by atoms with Gasteiger partial charge in [0.15, 0.2) is 0 Å². The molecule has 0 heterocycles. The average molecular weight is 278 g/mol. The molecule has 0 fully saturated rings. The van der Waals surface area contributed by atoms with Crippen LogP contribution < -0.4 is 0 Å². The normalized spacial score (nSPS) is 10.4. The highest BCUT2D eigenvalue weighted by atomic mass is 16.5. The Morgan fingerprint density at radius 1 is 1.00 bits per heavy atom. The van der Waals surface area contributed by atoms with E-state index in [1.165, 1.54) is 5.56 Å². The van der Waals surface area contributed by atoms with E-state index in [1.807, 2.05) is 13.0 Å². The molecule has 0 saturated carbocycles. The highest BCUT2D eigenvalue weighted by Crippen LogP contribution is 2.04. The van der Waals surface area contributed by atoms with Crippen molar-refractivity contribution in [2.24, 2.45) is 0 Å². The fourth-order valence-corrected chi connectivity index (χ4v) is 2.01. The van der Waals surface area contributed by atoms with Crippen LogP contribution in [-0.2, 0) is 20.7 Å². The largest absolute Gasteiger partial charge is 0.466 e. The molecule has 0 aromatic heterocycles. The predicted octanol–water partition coefficient (Wildman–Crippen LogP) is 3.76. The molecule has 1 rings (SSSR count). The Labute approximate surface area is 122 Å². The van der Waals surface area contributed by atoms with Gasteiger partial charge in [0.1, 0.15) is 0 Å². The summed E-state index contributed by atoms with van der Waals surface area (Å²) in [6.07, 6.45) is 5.60. The van der Waals surface area contributed by atoms with Crippen LogP contribution in [0.2, 0.25) is 0 Å². The van der Waals surface area contributed by atoms with Crippen LogP contribution in [0.4, 0.5) is 0 Å². The van der Waals surface area contributed by atoms with Crippen molar-refractivity contribution in [1.82, 2.24) is 0 Å². The number of hydrogen-bond donors (Lipinski definition) is 0. The van der Waals surface area contributed by atoms with Crippen LogP contribution in [0.1, 0.15) is 44.6 Å². The summed E-state index contributed by atoms with van der Waals surface area (Å²) >= 11 is 0. The van der Waals surface area contributed by atoms with Crippen LogP contribution in [0.25, 0.3) is 0 Å². The molecule has 0 aliphatic heterocycles. The first-order chi connectivity index (χ1) is 9.83. The minimum Gasteiger partial charge on any atom is -0.466 e. The summed E-state index contributed by atoms with van der Waals surface area (Å²) in [5, 5.41) is 0. The van der Waals surface area contributed by atoms with Gasteiger partial charge in [0, 0.05) is 19.6 Å². The Morgan fingerprint density at radius 2 is 1.75 bits per heavy atom. The number of benzene rings is 1. The van der Waals surface area contributed by atoms with E-state index in [2.05, 4.69) is 24.3 Å². The fourth-order valence-electron chi connectivity index (χ4n) is 2.01. The zero-order chi connectivity index (χ0) is 14.5. The van der Waals surface area contributed by atoms with E-state index in [0.29, 0.717) is 13.0 Å². The number of hydrogen-bond acceptors (Lipinski definition) is 3. The van der Waals surface area contributed by atoms with Crippen LogP contribution in [-0.4, -0.2) is 25.8 Å². The fraction of sp³-hybridized carbons (Fsp3) is 0.588. The Morgan fingerprint density at radius 3 is 2.50 bits per heavy atom. The van der Waals surface area contributed by atoms with E-state index >= 15 is 0 Å². The molecular formula is C17H26O3. The minimum atomic E-state index is -0.0868. The number of esters is 1. The topological polar surface area (TPSA) is 35.5 Å². The van der Waals surface area contributed by atoms with Crippen LogP contribution in [0.3, 0.4) is 0 Å². The summed E-state index contributed by atoms with van der Waals surface area (Å²) in [7, 11) is 0. The second-order valence-corrected chi connectivity index (χ2v) is 4.82. The van der Waals surface area contributed by atoms with Crippen molar-refractivity contribution in [2.75, 3.05) is 19.8 Å². The van der Waals surface area contributed by atoms with Crippen molar-refractivity contribution in [3.63, 3.8) is 0 Å². The molecule has 0 aliphatic carbocycles. The Balaban J connectivity index is 1.84. The lowest BCUT2D eigenvalue weighted by atomic mass is 10.1. The molecule has 3 nitrogen and oxygen atoms in total. The lowest BCUT2D eigenvalue weighted by Crippen LogP contribution is -2.04. The molecule has 1 aromatic rings. The van der Waals surface area contributed by atoms with Crippen molar-refractivity contribution in [2.45, 2.75) is 45.4 Å². The highest BCUT2D eigenvalue weighted by Gasteiger charge is 2.00. The third kappa shape index (κ3) is 8.70. The van der Waals surface area contributed by atoms with Gasteiger partial charge in [-0.1, -0.05) is 36.8 Å². The van der Waals surface area contributed by atoms with E-state index in [4.69, 9.17) is 9.47 Å². The summed E-state index contributed by atoms with van der Waals surface area (Å²) in [5.74, 6) is -0.0868. The molecule has 20 heavy (non-hydrogen) atoms. The summed E-state index contributed by atoms with van der Waals surface area (Å²) in [4.78, 5) is 11.1. The molecule has 0 aliphatic rings. The highest BCUT2D eigenvalue weighted by molar-refractivity contribution is 5.69. The zero-order valence-electron chi connectivity index (χ0n) is 12.5. The first-order valence-electron chi connectivity index (χ1n) is 7.60. The third-order valence-electron chi connectivity index (χ3n) is 3.07. The van der Waals surface area contributed by atoms with Gasteiger partial charge in [-0.15, -0.1) is 0 Å². The monoisotopic (exact) mass is 278 g/mol. The van der Waals surface area contributed by atoms with Crippen molar-refractivity contribution >= 4 is 5.97 Å². The van der Waals surface area contributed by atoms with Gasteiger partial charge >= 0.3 is 5.97 Å². The molecule has 0 radical (unpaired) electrons. The number of rotatable bonds is 11. The number of unbranched alkanes of at least 4 members (excludes halogenated alkanes) is 2. The molecule has 1 aromatic carbocycles. The van der Waals surface area contributed by atoms with Gasteiger partial charge in [-0.3, -0.25) is 4.79 Å². The molecule has 0 spiro atoms. The van der Waals surface area contributed by atoms with Gasteiger partial charge in [-0.05, 0) is 38.2 Å². The second-order valence-electron chi connectivity index (χ2n) is 4.82. The van der Waals surface area contributed by atoms with E-state index in [0.717, 1.165) is 45.3 Å². The van der Waals surface area contributed by atoms with Gasteiger partial charge in [-0.25, -0.2) is 0 Å². The first kappa shape index (κ1) is 16.7. The number of carbonyl (C=O) groups is 1. The quantitative estimate of drug-likeness (QED) is 0.457. The molecule has 112 valence electrons. The smallest absolute Gasteiger partial charge is 0.305 e. The Kier molecular flexibility index (Phi) is 9.58. The first-order valence-corrected chi connectivity index (χ1v) is 7.60. The lowest BCUT2D eigenvalue weighted by Gasteiger charge is -2.05. The average Bonchev–Trinajstić information content (AvgIpc) is 2.47. The van der Waals surface area contributed by atoms with Gasteiger partial charge in [0.25, 0.3) is 0 Å². The van der Waals surface area contributed by atoms with Crippen LogP contribution in [0, 0.1) is 0 Å². The molecule has 0 N–H and O–H groups in total. The van der Waals surface area contributed by atoms with Crippen LogP contribution in [0.5, 0.6) is 0 Å². The van der Waals surface area contributed by atoms with E-state index in [-0.39, 0.29) is 5.97 Å². The van der Waals surface area contributed by atoms with Gasteiger partial charge in [0.05, 0.1) is 6.61 Å². The molecule has 0 amide bonds. The van der Waals surface area contributed by atoms with E-state index in [9.17, 15) is 4.79 Å². The SMILES string of the molecule is CCOC(=O)CCCCCOCCCc1ccccc1. The van der Waals surface area contributed by atoms with Crippen molar-refractivity contribution in [1.29, 1.82) is 0 Å². The third-order valence-corrected chi connectivity index (χ3v) is 3.07. The van der Waals surface area contributed by atoms with Crippen molar-refractivity contribution in [3.05, 3.63) is 35.9 Å². The second kappa shape index (κ2) is 11.5. The summed E-state index contributed by atoms with van der Waals surface area (Å²) in [5.41, 5.74) is 1.37. The number of carbonyl (C=O) groups excluding carboxylic acids is 1. The zero-order valence-corrected chi connectivity index (χ0v) is 12.5. The summed E-state index contributed by atoms with van der Waals surface area (Å²) < 4.78 is 10.5. The van der Waals surface area contributed by atoms with Gasteiger partial charge in [0.2, 0.25) is 0 Å². The molecule has 0 atom stereocenters. The standard InChI is InChI=1S/C17H26O3/c1-2-20-17(18)13-7-4-8-14-19-15-9-12-16-10-5-3-6-11-16/h3,5-6,10-11H,2,4,7-9,12-15H2,1H3. The number of ether oxygens (including phenoxy) is 2. The summed E-state index contributed by atoms with van der Waals surface area (Å²) in [6.45, 7) is 3.91. The maximum atomic E-state index is 11.1. The van der Waals surface area contributed by atoms with Gasteiger partial charge in [-0.2, -0.15) is 0 Å². The van der Waals surface area contributed by atoms with Gasteiger partial charge < -0.3 is 9.47 Å². The van der Waals surface area contributed by atoms with E-state index < -0.39 is 0 Å². The maximum absolute atomic E-state index is 11.1. The van der Waals surface area contributed by atoms with Crippen LogP contribution >= 0.6 is 0 Å². The predicted molar refractivity (Wildman–Crippen MR) is 80.7 cm³/mol. The maximum Gasteiger partial charge on any atom is 0.305 e. The van der Waals surface area contributed by atoms with E-state index in [1.54, 1.807) is 0 Å². The summed E-state index contributed by atoms with van der Waals surface area (Å²) in [6, 6.07) is 10.5. The molecule has 3 heteroatoms. The molecular weight excluding hydrogens is 252 g/mol. The minimum absolute atomic E-state index is 0.0868. The molecule has 0 bridgehead atoms. The molecule has 0 unspecified atom stereocenters. The lowest BCUT2D eigenvalue weighted by molar-refractivity contribution is -0.143. The molecule has 0 saturated heterocycles.